The average Bonchev–Trinajstić information content (AvgIpc) is 2.89. The van der Waals surface area contributed by atoms with Crippen molar-refractivity contribution in [1.82, 2.24) is 10.1 Å². The van der Waals surface area contributed by atoms with Crippen LogP contribution in [0.1, 0.15) is 17.3 Å². The number of rotatable bonds is 8. The molecule has 6 heteroatoms. The molecule has 0 saturated carbocycles. The van der Waals surface area contributed by atoms with E-state index < -0.39 is 0 Å². The van der Waals surface area contributed by atoms with Gasteiger partial charge in [0.25, 0.3) is 0 Å². The molecule has 6 nitrogen and oxygen atoms in total. The highest BCUT2D eigenvalue weighted by molar-refractivity contribution is 5.47. The van der Waals surface area contributed by atoms with E-state index >= 15 is 0 Å². The first-order valence-electron chi connectivity index (χ1n) is 6.51. The number of para-hydroxylation sites is 1. The molecule has 0 radical (unpaired) electrons. The monoisotopic (exact) mass is 277 g/mol. The molecule has 0 aliphatic carbocycles. The first-order valence-corrected chi connectivity index (χ1v) is 6.51. The Morgan fingerprint density at radius 3 is 2.85 bits per heavy atom. The van der Waals surface area contributed by atoms with Crippen LogP contribution in [0.15, 0.2) is 28.8 Å². The fraction of sp³-hybridized carbons (Fsp3) is 0.429. The van der Waals surface area contributed by atoms with Crippen molar-refractivity contribution in [2.45, 2.75) is 12.8 Å². The summed E-state index contributed by atoms with van der Waals surface area (Å²) in [5, 5.41) is 3.92. The summed E-state index contributed by atoms with van der Waals surface area (Å²) in [5.41, 5.74) is 7.60. The van der Waals surface area contributed by atoms with Crippen LogP contribution in [-0.2, 0) is 22.3 Å². The van der Waals surface area contributed by atoms with Gasteiger partial charge in [0, 0.05) is 19.2 Å². The molecule has 0 amide bonds. The zero-order valence-electron chi connectivity index (χ0n) is 11.5. The van der Waals surface area contributed by atoms with Gasteiger partial charge < -0.3 is 19.7 Å². The highest BCUT2D eigenvalue weighted by Gasteiger charge is 2.08. The Hall–Kier alpha value is -1.92. The van der Waals surface area contributed by atoms with Gasteiger partial charge >= 0.3 is 0 Å². The van der Waals surface area contributed by atoms with Gasteiger partial charge in [0.1, 0.15) is 0 Å². The highest BCUT2D eigenvalue weighted by atomic mass is 16.5. The van der Waals surface area contributed by atoms with Gasteiger partial charge in [-0.25, -0.2) is 0 Å². The molecule has 0 atom stereocenters. The van der Waals surface area contributed by atoms with Gasteiger partial charge in [0.2, 0.25) is 5.89 Å². The fourth-order valence-corrected chi connectivity index (χ4v) is 1.73. The van der Waals surface area contributed by atoms with Gasteiger partial charge in [-0.3, -0.25) is 0 Å². The molecule has 1 heterocycles. The number of methoxy groups -OCH3 is 1. The van der Waals surface area contributed by atoms with E-state index in [2.05, 4.69) is 10.1 Å². The second-order valence-corrected chi connectivity index (χ2v) is 4.34. The van der Waals surface area contributed by atoms with E-state index in [1.807, 2.05) is 24.3 Å². The number of hydrogen-bond donors (Lipinski definition) is 1. The van der Waals surface area contributed by atoms with E-state index in [0.717, 1.165) is 11.3 Å². The van der Waals surface area contributed by atoms with Crippen LogP contribution in [0.25, 0.3) is 0 Å². The molecule has 108 valence electrons. The predicted octanol–water partition coefficient (Wildman–Crippen LogP) is 1.45. The number of ether oxygens (including phenoxy) is 2. The lowest BCUT2D eigenvalue weighted by molar-refractivity contribution is 0.0714. The first-order chi connectivity index (χ1) is 9.79. The van der Waals surface area contributed by atoms with Gasteiger partial charge in [0.05, 0.1) is 26.2 Å². The maximum Gasteiger partial charge on any atom is 0.231 e. The quantitative estimate of drug-likeness (QED) is 0.581. The molecular formula is C14H19N3O3. The zero-order valence-corrected chi connectivity index (χ0v) is 11.5. The van der Waals surface area contributed by atoms with Crippen molar-refractivity contribution < 1.29 is 14.0 Å². The minimum Gasteiger partial charge on any atom is -0.398 e. The van der Waals surface area contributed by atoms with Crippen LogP contribution in [-0.4, -0.2) is 37.1 Å². The molecule has 0 saturated heterocycles. The van der Waals surface area contributed by atoms with Crippen LogP contribution in [0.5, 0.6) is 0 Å². The lowest BCUT2D eigenvalue weighted by Gasteiger charge is -2.01. The number of nitrogen functional groups attached to an aromatic ring is 1. The van der Waals surface area contributed by atoms with E-state index in [1.165, 1.54) is 0 Å². The summed E-state index contributed by atoms with van der Waals surface area (Å²) in [6.07, 6.45) is 1.17. The molecule has 2 aromatic rings. The molecule has 0 fully saturated rings. The predicted molar refractivity (Wildman–Crippen MR) is 74.4 cm³/mol. The first kappa shape index (κ1) is 14.5. The van der Waals surface area contributed by atoms with Crippen molar-refractivity contribution >= 4 is 5.69 Å². The number of benzene rings is 1. The van der Waals surface area contributed by atoms with Crippen LogP contribution in [0.3, 0.4) is 0 Å². The summed E-state index contributed by atoms with van der Waals surface area (Å²) in [6, 6.07) is 7.64. The lowest BCUT2D eigenvalue weighted by atomic mass is 10.1. The van der Waals surface area contributed by atoms with Gasteiger partial charge in [-0.15, -0.1) is 0 Å². The third-order valence-corrected chi connectivity index (χ3v) is 2.81. The van der Waals surface area contributed by atoms with E-state index in [-0.39, 0.29) is 0 Å². The summed E-state index contributed by atoms with van der Waals surface area (Å²) >= 11 is 0. The third kappa shape index (κ3) is 4.32. The SMILES string of the molecule is COCCOCCc1noc(Cc2ccccc2N)n1. The minimum absolute atomic E-state index is 0.546. The Kier molecular flexibility index (Phi) is 5.52. The van der Waals surface area contributed by atoms with Gasteiger partial charge in [-0.2, -0.15) is 4.98 Å². The van der Waals surface area contributed by atoms with Crippen molar-refractivity contribution in [3.05, 3.63) is 41.5 Å². The summed E-state index contributed by atoms with van der Waals surface area (Å²) < 4.78 is 15.5. The zero-order chi connectivity index (χ0) is 14.2. The Labute approximate surface area is 117 Å². The van der Waals surface area contributed by atoms with Crippen molar-refractivity contribution in [3.8, 4) is 0 Å². The standard InChI is InChI=1S/C14H19N3O3/c1-18-8-9-19-7-6-13-16-14(20-17-13)10-11-4-2-3-5-12(11)15/h2-5H,6-10,15H2,1H3. The van der Waals surface area contributed by atoms with Crippen molar-refractivity contribution in [1.29, 1.82) is 0 Å². The second kappa shape index (κ2) is 7.62. The van der Waals surface area contributed by atoms with Crippen LogP contribution >= 0.6 is 0 Å². The Balaban J connectivity index is 1.82. The number of aromatic nitrogens is 2. The number of hydrogen-bond acceptors (Lipinski definition) is 6. The molecule has 1 aromatic carbocycles. The maximum absolute atomic E-state index is 5.88. The molecule has 2 N–H and O–H groups in total. The molecule has 0 bridgehead atoms. The topological polar surface area (TPSA) is 83.4 Å². The molecule has 20 heavy (non-hydrogen) atoms. The smallest absolute Gasteiger partial charge is 0.231 e. The summed E-state index contributed by atoms with van der Waals surface area (Å²) in [5.74, 6) is 1.21. The second-order valence-electron chi connectivity index (χ2n) is 4.34. The molecular weight excluding hydrogens is 258 g/mol. The van der Waals surface area contributed by atoms with E-state index in [0.29, 0.717) is 44.4 Å². The fourth-order valence-electron chi connectivity index (χ4n) is 1.73. The normalized spacial score (nSPS) is 10.8. The Bertz CT molecular complexity index is 528. The van der Waals surface area contributed by atoms with Crippen LogP contribution < -0.4 is 5.73 Å². The Morgan fingerprint density at radius 1 is 1.20 bits per heavy atom. The van der Waals surface area contributed by atoms with Crippen LogP contribution in [0.2, 0.25) is 0 Å². The number of nitrogens with two attached hydrogens (primary N) is 1. The van der Waals surface area contributed by atoms with Gasteiger partial charge in [0.15, 0.2) is 5.82 Å². The molecule has 0 unspecified atom stereocenters. The molecule has 1 aromatic heterocycles. The number of nitrogens with zero attached hydrogens (tertiary/aromatic N) is 2. The largest absolute Gasteiger partial charge is 0.398 e. The van der Waals surface area contributed by atoms with Crippen molar-refractivity contribution in [3.63, 3.8) is 0 Å². The van der Waals surface area contributed by atoms with Gasteiger partial charge in [-0.1, -0.05) is 23.4 Å². The van der Waals surface area contributed by atoms with Gasteiger partial charge in [-0.05, 0) is 11.6 Å². The van der Waals surface area contributed by atoms with Crippen molar-refractivity contribution in [2.75, 3.05) is 32.7 Å². The third-order valence-electron chi connectivity index (χ3n) is 2.81. The molecule has 0 spiro atoms. The van der Waals surface area contributed by atoms with Crippen LogP contribution in [0.4, 0.5) is 5.69 Å². The van der Waals surface area contributed by atoms with Crippen molar-refractivity contribution in [2.24, 2.45) is 0 Å². The van der Waals surface area contributed by atoms with E-state index in [4.69, 9.17) is 19.7 Å². The van der Waals surface area contributed by atoms with E-state index in [9.17, 15) is 0 Å². The van der Waals surface area contributed by atoms with E-state index in [1.54, 1.807) is 7.11 Å². The highest BCUT2D eigenvalue weighted by Crippen LogP contribution is 2.14. The molecule has 2 rings (SSSR count). The molecule has 0 aliphatic heterocycles. The number of anilines is 1. The molecule has 0 aliphatic rings. The lowest BCUT2D eigenvalue weighted by Crippen LogP contribution is -2.05. The summed E-state index contributed by atoms with van der Waals surface area (Å²) in [4.78, 5) is 4.32. The maximum atomic E-state index is 5.88. The minimum atomic E-state index is 0.546. The summed E-state index contributed by atoms with van der Waals surface area (Å²) in [6.45, 7) is 1.71. The average molecular weight is 277 g/mol. The summed E-state index contributed by atoms with van der Waals surface area (Å²) in [7, 11) is 1.64. The Morgan fingerprint density at radius 2 is 2.05 bits per heavy atom. The van der Waals surface area contributed by atoms with Crippen LogP contribution in [0, 0.1) is 0 Å².